The van der Waals surface area contributed by atoms with Gasteiger partial charge in [0.2, 0.25) is 0 Å². The second-order valence-corrected chi connectivity index (χ2v) is 21.2. The highest BCUT2D eigenvalue weighted by molar-refractivity contribution is 5.76. The zero-order valence-electron chi connectivity index (χ0n) is 51.5. The van der Waals surface area contributed by atoms with E-state index in [2.05, 4.69) is 46.2 Å². The van der Waals surface area contributed by atoms with Crippen LogP contribution in [-0.4, -0.2) is 116 Å². The van der Waals surface area contributed by atoms with E-state index in [0.29, 0.717) is 88.7 Å². The van der Waals surface area contributed by atoms with Crippen molar-refractivity contribution in [3.8, 4) is 66.5 Å². The molecule has 0 radical (unpaired) electrons. The zero-order chi connectivity index (χ0) is 65.0. The van der Waals surface area contributed by atoms with E-state index < -0.39 is 36.6 Å². The summed E-state index contributed by atoms with van der Waals surface area (Å²) in [5.74, 6) is 19.5. The molecule has 13 nitrogen and oxygen atoms in total. The first-order chi connectivity index (χ1) is 40.9. The van der Waals surface area contributed by atoms with Crippen molar-refractivity contribution in [2.45, 2.75) is 187 Å². The van der Waals surface area contributed by atoms with Crippen LogP contribution >= 0.6 is 0 Å². The first-order valence-corrected chi connectivity index (χ1v) is 28.9. The number of benzene rings is 1. The Morgan fingerprint density at radius 2 is 1.17 bits per heavy atom. The number of carbonyl (C=O) groups excluding carboxylic acids is 4. The molecular weight excluding hydrogens is 1090 g/mol. The van der Waals surface area contributed by atoms with Crippen molar-refractivity contribution in [3.63, 3.8) is 0 Å². The normalized spacial score (nSPS) is 16.3. The van der Waals surface area contributed by atoms with Crippen LogP contribution in [-0.2, 0) is 23.9 Å². The Morgan fingerprint density at radius 3 is 1.72 bits per heavy atom. The molecule has 1 aliphatic carbocycles. The van der Waals surface area contributed by atoms with Crippen molar-refractivity contribution in [2.24, 2.45) is 17.3 Å². The van der Waals surface area contributed by atoms with E-state index in [1.807, 2.05) is 39.0 Å². The molecule has 86 heavy (non-hydrogen) atoms. The van der Waals surface area contributed by atoms with Crippen molar-refractivity contribution in [3.05, 3.63) is 139 Å². The van der Waals surface area contributed by atoms with E-state index in [9.17, 15) is 59.3 Å². The Labute approximate surface area is 513 Å². The molecule has 0 aliphatic heterocycles. The van der Waals surface area contributed by atoms with E-state index >= 15 is 0 Å². The minimum atomic E-state index is -0.814. The van der Waals surface area contributed by atoms with Gasteiger partial charge in [-0.05, 0) is 133 Å². The van der Waals surface area contributed by atoms with Crippen molar-refractivity contribution in [2.75, 3.05) is 13.7 Å². The lowest BCUT2D eigenvalue weighted by Crippen LogP contribution is -2.22. The summed E-state index contributed by atoms with van der Waals surface area (Å²) >= 11 is 0. The smallest absolute Gasteiger partial charge is 0.305 e. The number of Topliss-reactive ketones (excluding diaryl/α,β-unsaturated/α-hetero) is 3. The number of ketones is 3. The van der Waals surface area contributed by atoms with E-state index in [1.165, 1.54) is 44.4 Å². The highest BCUT2D eigenvalue weighted by Crippen LogP contribution is 2.43. The van der Waals surface area contributed by atoms with E-state index in [-0.39, 0.29) is 53.2 Å². The maximum Gasteiger partial charge on any atom is 0.305 e. The first kappa shape index (κ1) is 80.7. The van der Waals surface area contributed by atoms with Gasteiger partial charge >= 0.3 is 5.97 Å². The van der Waals surface area contributed by atoms with E-state index in [1.54, 1.807) is 92.8 Å². The molecule has 1 aliphatic rings. The van der Waals surface area contributed by atoms with Crippen LogP contribution in [0.1, 0.15) is 144 Å². The molecule has 1 aromatic rings. The third kappa shape index (κ3) is 53.3. The number of rotatable bonds is 34. The maximum absolute atomic E-state index is 12.8. The largest absolute Gasteiger partial charge is 0.491 e. The Kier molecular flexibility index (Phi) is 48.8. The van der Waals surface area contributed by atoms with Gasteiger partial charge in [-0.15, -0.1) is 37.0 Å². The van der Waals surface area contributed by atoms with Crippen LogP contribution in [0.15, 0.2) is 133 Å². The van der Waals surface area contributed by atoms with Gasteiger partial charge in [0.25, 0.3) is 0 Å². The van der Waals surface area contributed by atoms with E-state index in [4.69, 9.17) is 24.0 Å². The summed E-state index contributed by atoms with van der Waals surface area (Å²) < 4.78 is 22.7. The van der Waals surface area contributed by atoms with Gasteiger partial charge in [0.15, 0.2) is 0 Å². The first-order valence-electron chi connectivity index (χ1n) is 28.9. The number of halogens is 1. The quantitative estimate of drug-likeness (QED) is 0.0148. The number of ether oxygens (including phenoxy) is 2. The molecule has 468 valence electrons. The van der Waals surface area contributed by atoms with Gasteiger partial charge < -0.3 is 59.6 Å². The van der Waals surface area contributed by atoms with Gasteiger partial charge in [-0.2, -0.15) is 0 Å². The summed E-state index contributed by atoms with van der Waals surface area (Å²) in [7, 11) is 1.37. The molecule has 1 unspecified atom stereocenters. The minimum absolute atomic E-state index is 0.0472. The number of allylic oxidation sites excluding steroid dienone is 13. The van der Waals surface area contributed by atoms with Crippen molar-refractivity contribution in [1.29, 1.82) is 0 Å². The van der Waals surface area contributed by atoms with Crippen LogP contribution in [0.2, 0.25) is 0 Å². The summed E-state index contributed by atoms with van der Waals surface area (Å²) in [5, 5.41) is 67.5. The fourth-order valence-electron chi connectivity index (χ4n) is 7.58. The van der Waals surface area contributed by atoms with Crippen LogP contribution in [0, 0.1) is 83.8 Å². The van der Waals surface area contributed by atoms with Gasteiger partial charge in [-0.25, -0.2) is 4.39 Å². The lowest BCUT2D eigenvalue weighted by molar-refractivity contribution is -0.140. The molecule has 1 saturated carbocycles. The number of methoxy groups -OCH3 is 1. The molecule has 2 rings (SSSR count). The van der Waals surface area contributed by atoms with Gasteiger partial charge in [0.05, 0.1) is 37.6 Å². The Balaban J connectivity index is 0. The number of carbonyl (C=O) groups is 4. The lowest BCUT2D eigenvalue weighted by Gasteiger charge is -2.23. The number of aliphatic hydroxyl groups is 7. The molecule has 1 aromatic carbocycles. The number of hydrogen-bond donors (Lipinski definition) is 7. The standard InChI is InChI=1S/C22H27FO4.C17H24O4.C17H24O3.C16H20O2/c1-17(24)14-22(2,3)15-19(25)8-6-4-5-7-9-20(26)16-27-21-12-10-18(23)11-13-21;1-3-7-14(18)9-5-4-8-13-12-15(13)16(19)10-6-11-17(20)21-2;1-4-8-16(19)11-6-5-9-14(2)13-17(20)12-7-10-15(3)18;1-3-12-16(18)14-11-9-7-5-4-6-8-10-13-15(2)17/h4-5,7,9-13,19-20,25-26H,14-16H2,1-3H3;1,4-5,8-9,13-16,18-19H,6-7,10-12H2,2H3;1,5-6,9,11,13,16-17,19-20H,7-8,10,12H2,2-3H3;1,7,9,11,14,16,18H,6,8,10,12-13H2,2H3/b5-4+,9-7+;8-4+,9-5+;9-5+,11-6+,14-13-;9-7+,14-11+/t19-,20+;13-,14-,15+,16+;16-,17?;16-/m1111/s1. The number of hydrogen-bond acceptors (Lipinski definition) is 13. The molecule has 0 spiro atoms. The van der Waals surface area contributed by atoms with Gasteiger partial charge in [-0.3, -0.25) is 4.79 Å². The summed E-state index contributed by atoms with van der Waals surface area (Å²) in [4.78, 5) is 43.6. The molecule has 0 bridgehead atoms. The lowest BCUT2D eigenvalue weighted by atomic mass is 9.82. The third-order valence-corrected chi connectivity index (χ3v) is 12.0. The highest BCUT2D eigenvalue weighted by Gasteiger charge is 2.40. The molecule has 14 heteroatoms. The predicted octanol–water partition coefficient (Wildman–Crippen LogP) is 10.4. The molecule has 9 atom stereocenters. The fourth-order valence-corrected chi connectivity index (χ4v) is 7.58. The minimum Gasteiger partial charge on any atom is -0.491 e. The van der Waals surface area contributed by atoms with Crippen LogP contribution in [0.3, 0.4) is 0 Å². The Morgan fingerprint density at radius 1 is 0.651 bits per heavy atom. The van der Waals surface area contributed by atoms with Crippen molar-refractivity contribution < 1.29 is 68.8 Å². The predicted molar refractivity (Wildman–Crippen MR) is 342 cm³/mol. The summed E-state index contributed by atoms with van der Waals surface area (Å²) in [6, 6.07) is 5.55. The van der Waals surface area contributed by atoms with Crippen LogP contribution in [0.25, 0.3) is 0 Å². The molecular formula is C72H95FO13. The Hall–Kier alpha value is -7.39. The van der Waals surface area contributed by atoms with Crippen LogP contribution < -0.4 is 4.74 Å². The van der Waals surface area contributed by atoms with E-state index in [0.717, 1.165) is 31.3 Å². The zero-order valence-corrected chi connectivity index (χ0v) is 51.5. The monoisotopic (exact) mass is 1190 g/mol. The summed E-state index contributed by atoms with van der Waals surface area (Å²) in [6.45, 7) is 10.5. The topological polar surface area (TPSA) is 228 Å². The number of terminal acetylenes is 3. The molecule has 0 aromatic heterocycles. The Bertz CT molecular complexity index is 2640. The number of unbranched alkanes of at least 4 members (excludes halogenated alkanes) is 2. The SMILES string of the molecule is C#CC[C@@H](O)/C=C/C=C/C#CCCCCC(C)=O.C#CC[C@@H](O)/C=C/C=C/C(C)=C\C(O)CCCC(C)=O.C#CC[C@@H](O)/C=C/C=C/[C@@H]1C[C@@H]1[C@@H](O)CCCC(=O)OC.CC(=O)CC(C)(C)C[C@H](O)C#C/C=C/C=C/[C@H](O)COc1ccc(F)cc1. The number of aliphatic hydroxyl groups excluding tert-OH is 7. The fraction of sp³-hybridized carbons (Fsp3) is 0.472. The second-order valence-electron chi connectivity index (χ2n) is 21.2. The molecule has 7 N–H and O–H groups in total. The highest BCUT2D eigenvalue weighted by atomic mass is 19.1. The average molecular weight is 1190 g/mol. The van der Waals surface area contributed by atoms with Gasteiger partial charge in [-0.1, -0.05) is 134 Å². The van der Waals surface area contributed by atoms with Gasteiger partial charge in [0.1, 0.15) is 47.7 Å². The molecule has 0 saturated heterocycles. The van der Waals surface area contributed by atoms with Crippen LogP contribution in [0.5, 0.6) is 5.75 Å². The molecule has 0 amide bonds. The van der Waals surface area contributed by atoms with Crippen molar-refractivity contribution in [1.82, 2.24) is 0 Å². The third-order valence-electron chi connectivity index (χ3n) is 12.0. The summed E-state index contributed by atoms with van der Waals surface area (Å²) in [5.41, 5.74) is 0.634. The number of esters is 1. The second kappa shape index (κ2) is 52.0. The average Bonchev–Trinajstić information content (AvgIpc) is 3.70. The maximum atomic E-state index is 12.8. The molecule has 1 fully saturated rings. The van der Waals surface area contributed by atoms with Crippen LogP contribution in [0.4, 0.5) is 4.39 Å². The summed E-state index contributed by atoms with van der Waals surface area (Å²) in [6.07, 6.45) is 49.7. The molecule has 0 heterocycles. The van der Waals surface area contributed by atoms with Gasteiger partial charge in [0, 0.05) is 51.4 Å². The van der Waals surface area contributed by atoms with Crippen molar-refractivity contribution >= 4 is 23.3 Å².